The number of benzene rings is 2. The van der Waals surface area contributed by atoms with E-state index in [4.69, 9.17) is 10.5 Å². The first-order valence-electron chi connectivity index (χ1n) is 9.64. The van der Waals surface area contributed by atoms with E-state index in [1.165, 1.54) is 12.1 Å². The molecular formula is C22H23N3O4. The number of nitriles is 1. The number of nitrogens with zero attached hydrogens (tertiary/aromatic N) is 2. The lowest BCUT2D eigenvalue weighted by Crippen LogP contribution is -2.21. The fraction of sp³-hybridized carbons (Fsp3) is 0.318. The maximum atomic E-state index is 11.2. The van der Waals surface area contributed by atoms with Gasteiger partial charge in [-0.05, 0) is 30.0 Å². The monoisotopic (exact) mass is 393 g/mol. The second-order valence-electron chi connectivity index (χ2n) is 7.07. The van der Waals surface area contributed by atoms with E-state index in [1.54, 1.807) is 24.3 Å². The number of unbranched alkanes of at least 4 members (excludes halogenated alkanes) is 3. The van der Waals surface area contributed by atoms with E-state index in [0.29, 0.717) is 23.3 Å². The number of hydrogen-bond acceptors (Lipinski definition) is 6. The van der Waals surface area contributed by atoms with Crippen molar-refractivity contribution in [3.05, 3.63) is 74.7 Å². The average Bonchev–Trinajstić information content (AvgIpc) is 2.71. The number of rotatable bonds is 7. The number of non-ortho nitro benzene ring substituents is 1. The molecule has 1 atom stereocenters. The van der Waals surface area contributed by atoms with Gasteiger partial charge in [-0.25, -0.2) is 0 Å². The number of allylic oxidation sites excluding steroid dienone is 1. The summed E-state index contributed by atoms with van der Waals surface area (Å²) in [5.74, 6) is -0.394. The van der Waals surface area contributed by atoms with Gasteiger partial charge >= 0.3 is 0 Å². The van der Waals surface area contributed by atoms with Crippen molar-refractivity contribution >= 4 is 5.69 Å². The van der Waals surface area contributed by atoms with Gasteiger partial charge in [0.05, 0.1) is 10.8 Å². The van der Waals surface area contributed by atoms with Crippen LogP contribution in [-0.2, 0) is 6.42 Å². The van der Waals surface area contributed by atoms with Crippen molar-refractivity contribution in [2.45, 2.75) is 44.9 Å². The second-order valence-corrected chi connectivity index (χ2v) is 7.07. The smallest absolute Gasteiger partial charge is 0.269 e. The van der Waals surface area contributed by atoms with Crippen LogP contribution in [0.2, 0.25) is 0 Å². The SMILES string of the molecule is CCCCCCc1ccc2c(c1O)[C@H](c1cccc([N+](=O)[O-])c1)C(C#N)=C(N)O2. The van der Waals surface area contributed by atoms with Crippen molar-refractivity contribution in [2.75, 3.05) is 0 Å². The molecule has 7 nitrogen and oxygen atoms in total. The number of nitro groups is 1. The number of fused-ring (bicyclic) bond motifs is 1. The highest BCUT2D eigenvalue weighted by molar-refractivity contribution is 5.62. The summed E-state index contributed by atoms with van der Waals surface area (Å²) in [6, 6.07) is 11.6. The van der Waals surface area contributed by atoms with E-state index in [0.717, 1.165) is 31.2 Å². The molecule has 7 heteroatoms. The van der Waals surface area contributed by atoms with Crippen LogP contribution in [-0.4, -0.2) is 10.0 Å². The van der Waals surface area contributed by atoms with E-state index in [1.807, 2.05) is 6.07 Å². The lowest BCUT2D eigenvalue weighted by molar-refractivity contribution is -0.384. The van der Waals surface area contributed by atoms with Crippen molar-refractivity contribution in [1.29, 1.82) is 5.26 Å². The van der Waals surface area contributed by atoms with Crippen LogP contribution in [0.25, 0.3) is 0 Å². The van der Waals surface area contributed by atoms with Gasteiger partial charge in [0.2, 0.25) is 5.88 Å². The summed E-state index contributed by atoms with van der Waals surface area (Å²) in [6.45, 7) is 2.14. The maximum Gasteiger partial charge on any atom is 0.269 e. The summed E-state index contributed by atoms with van der Waals surface area (Å²) in [5.41, 5.74) is 7.66. The Hall–Kier alpha value is -3.53. The first kappa shape index (κ1) is 20.2. The van der Waals surface area contributed by atoms with E-state index < -0.39 is 10.8 Å². The fourth-order valence-corrected chi connectivity index (χ4v) is 3.68. The molecule has 1 aliphatic rings. The van der Waals surface area contributed by atoms with Crippen LogP contribution in [0.3, 0.4) is 0 Å². The predicted octanol–water partition coefficient (Wildman–Crippen LogP) is 4.64. The van der Waals surface area contributed by atoms with E-state index in [2.05, 4.69) is 6.92 Å². The Labute approximate surface area is 169 Å². The number of phenolic OH excluding ortho intramolecular Hbond substituents is 1. The largest absolute Gasteiger partial charge is 0.507 e. The van der Waals surface area contributed by atoms with Crippen LogP contribution in [0.1, 0.15) is 55.2 Å². The molecule has 3 rings (SSSR count). The normalized spacial score (nSPS) is 15.4. The summed E-state index contributed by atoms with van der Waals surface area (Å²) in [4.78, 5) is 10.7. The quantitative estimate of drug-likeness (QED) is 0.401. The van der Waals surface area contributed by atoms with Crippen LogP contribution >= 0.6 is 0 Å². The molecule has 2 aromatic carbocycles. The topological polar surface area (TPSA) is 122 Å². The molecule has 29 heavy (non-hydrogen) atoms. The maximum absolute atomic E-state index is 11.2. The molecule has 0 saturated heterocycles. The second kappa shape index (κ2) is 8.65. The van der Waals surface area contributed by atoms with Gasteiger partial charge in [0.25, 0.3) is 5.69 Å². The molecule has 0 saturated carbocycles. The number of phenols is 1. The Kier molecular flexibility index (Phi) is 6.03. The molecular weight excluding hydrogens is 370 g/mol. The number of nitrogens with two attached hydrogens (primary N) is 1. The first-order chi connectivity index (χ1) is 14.0. The lowest BCUT2D eigenvalue weighted by atomic mass is 9.81. The zero-order valence-electron chi connectivity index (χ0n) is 16.2. The first-order valence-corrected chi connectivity index (χ1v) is 9.64. The van der Waals surface area contributed by atoms with Gasteiger partial charge in [-0.3, -0.25) is 10.1 Å². The third kappa shape index (κ3) is 4.02. The third-order valence-electron chi connectivity index (χ3n) is 5.16. The number of hydrogen-bond donors (Lipinski definition) is 2. The Morgan fingerprint density at radius 3 is 2.76 bits per heavy atom. The van der Waals surface area contributed by atoms with Gasteiger partial charge < -0.3 is 15.6 Å². The molecule has 0 unspecified atom stereocenters. The molecule has 1 aliphatic heterocycles. The highest BCUT2D eigenvalue weighted by Crippen LogP contribution is 2.48. The zero-order valence-corrected chi connectivity index (χ0v) is 16.2. The molecule has 0 spiro atoms. The summed E-state index contributed by atoms with van der Waals surface area (Å²) in [5, 5.41) is 31.9. The molecule has 150 valence electrons. The summed E-state index contributed by atoms with van der Waals surface area (Å²) in [7, 11) is 0. The van der Waals surface area contributed by atoms with Crippen LogP contribution < -0.4 is 10.5 Å². The summed E-state index contributed by atoms with van der Waals surface area (Å²) in [6.07, 6.45) is 4.94. The van der Waals surface area contributed by atoms with Crippen LogP contribution in [0.15, 0.2) is 47.9 Å². The van der Waals surface area contributed by atoms with Gasteiger partial charge in [0, 0.05) is 17.7 Å². The minimum Gasteiger partial charge on any atom is -0.507 e. The number of ether oxygens (including phenoxy) is 1. The molecule has 3 N–H and O–H groups in total. The zero-order chi connectivity index (χ0) is 21.0. The van der Waals surface area contributed by atoms with Crippen molar-refractivity contribution in [3.63, 3.8) is 0 Å². The highest BCUT2D eigenvalue weighted by Gasteiger charge is 2.34. The molecule has 0 amide bonds. The molecule has 1 heterocycles. The van der Waals surface area contributed by atoms with Gasteiger partial charge in [-0.15, -0.1) is 0 Å². The minimum atomic E-state index is -0.737. The molecule has 0 radical (unpaired) electrons. The standard InChI is InChI=1S/C22H23N3O4/c1-2-3-4-5-7-14-10-11-18-20(21(14)26)19(17(13-23)22(24)29-18)15-8-6-9-16(12-15)25(27)28/h6,8-12,19,26H,2-5,7,24H2,1H3/t19-/m1/s1. The van der Waals surface area contributed by atoms with Crippen molar-refractivity contribution in [1.82, 2.24) is 0 Å². The summed E-state index contributed by atoms with van der Waals surface area (Å²) >= 11 is 0. The minimum absolute atomic E-state index is 0.0516. The van der Waals surface area contributed by atoms with Gasteiger partial charge in [0.1, 0.15) is 23.1 Å². The average molecular weight is 393 g/mol. The van der Waals surface area contributed by atoms with Crippen molar-refractivity contribution < 1.29 is 14.8 Å². The number of aryl methyl sites for hydroxylation is 1. The molecule has 0 aromatic heterocycles. The van der Waals surface area contributed by atoms with Gasteiger partial charge in [0.15, 0.2) is 0 Å². The molecule has 0 aliphatic carbocycles. The fourth-order valence-electron chi connectivity index (χ4n) is 3.68. The molecule has 0 bridgehead atoms. The Bertz CT molecular complexity index is 1010. The van der Waals surface area contributed by atoms with Crippen LogP contribution in [0.4, 0.5) is 5.69 Å². The van der Waals surface area contributed by atoms with E-state index in [9.17, 15) is 20.5 Å². The van der Waals surface area contributed by atoms with Gasteiger partial charge in [-0.1, -0.05) is 44.4 Å². The molecule has 2 aromatic rings. The Morgan fingerprint density at radius 2 is 2.07 bits per heavy atom. The third-order valence-corrected chi connectivity index (χ3v) is 5.16. The predicted molar refractivity (Wildman–Crippen MR) is 108 cm³/mol. The Morgan fingerprint density at radius 1 is 1.28 bits per heavy atom. The number of aromatic hydroxyl groups is 1. The van der Waals surface area contributed by atoms with E-state index >= 15 is 0 Å². The van der Waals surface area contributed by atoms with Crippen molar-refractivity contribution in [2.24, 2.45) is 5.73 Å². The lowest BCUT2D eigenvalue weighted by Gasteiger charge is -2.28. The Balaban J connectivity index is 2.10. The molecule has 0 fully saturated rings. The van der Waals surface area contributed by atoms with Crippen LogP contribution in [0, 0.1) is 21.4 Å². The summed E-state index contributed by atoms with van der Waals surface area (Å²) < 4.78 is 5.58. The highest BCUT2D eigenvalue weighted by atomic mass is 16.6. The number of nitro benzene ring substituents is 1. The van der Waals surface area contributed by atoms with Crippen molar-refractivity contribution in [3.8, 4) is 17.6 Å². The van der Waals surface area contributed by atoms with Gasteiger partial charge in [-0.2, -0.15) is 5.26 Å². The van der Waals surface area contributed by atoms with Crippen LogP contribution in [0.5, 0.6) is 11.5 Å². The van der Waals surface area contributed by atoms with E-state index in [-0.39, 0.29) is 22.9 Å².